The molecule has 0 spiro atoms. The van der Waals surface area contributed by atoms with Gasteiger partial charge < -0.3 is 9.80 Å². The number of hydrogen-bond acceptors (Lipinski definition) is 4. The standard InChI is InChI=1S/C13H14FN3OS/c1-9(18)16-5-7-17(8-6-16)13-15-12-10(14)3-2-4-11(12)19-13/h2-4H,5-8H2,1H3. The number of fused-ring (bicyclic) bond motifs is 1. The summed E-state index contributed by atoms with van der Waals surface area (Å²) in [5.74, 6) is -0.169. The minimum absolute atomic E-state index is 0.106. The second kappa shape index (κ2) is 4.77. The Hall–Kier alpha value is -1.69. The van der Waals surface area contributed by atoms with E-state index in [4.69, 9.17) is 0 Å². The Bertz CT molecular complexity index is 619. The summed E-state index contributed by atoms with van der Waals surface area (Å²) in [5, 5.41) is 0.836. The third kappa shape index (κ3) is 2.28. The van der Waals surface area contributed by atoms with Crippen molar-refractivity contribution in [3.8, 4) is 0 Å². The topological polar surface area (TPSA) is 36.4 Å². The number of amides is 1. The molecule has 1 saturated heterocycles. The number of halogens is 1. The van der Waals surface area contributed by atoms with Crippen LogP contribution < -0.4 is 4.90 Å². The van der Waals surface area contributed by atoms with Gasteiger partial charge in [0, 0.05) is 33.1 Å². The van der Waals surface area contributed by atoms with Crippen molar-refractivity contribution in [3.63, 3.8) is 0 Å². The highest BCUT2D eigenvalue weighted by Gasteiger charge is 2.21. The predicted octanol–water partition coefficient (Wildman–Crippen LogP) is 2.10. The van der Waals surface area contributed by atoms with Crippen molar-refractivity contribution in [2.24, 2.45) is 0 Å². The number of carbonyl (C=O) groups excluding carboxylic acids is 1. The van der Waals surface area contributed by atoms with Gasteiger partial charge in [0.05, 0.1) is 4.70 Å². The molecule has 4 nitrogen and oxygen atoms in total. The van der Waals surface area contributed by atoms with Crippen LogP contribution in [0.2, 0.25) is 0 Å². The molecule has 0 N–H and O–H groups in total. The summed E-state index contributed by atoms with van der Waals surface area (Å²) >= 11 is 1.50. The zero-order chi connectivity index (χ0) is 13.4. The van der Waals surface area contributed by atoms with Gasteiger partial charge in [0.15, 0.2) is 5.13 Å². The minimum Gasteiger partial charge on any atom is -0.345 e. The molecule has 0 unspecified atom stereocenters. The number of nitrogens with zero attached hydrogens (tertiary/aromatic N) is 3. The molecule has 0 radical (unpaired) electrons. The van der Waals surface area contributed by atoms with Crippen molar-refractivity contribution in [1.29, 1.82) is 0 Å². The van der Waals surface area contributed by atoms with Crippen molar-refractivity contribution in [2.45, 2.75) is 6.92 Å². The highest BCUT2D eigenvalue weighted by Crippen LogP contribution is 2.30. The lowest BCUT2D eigenvalue weighted by Gasteiger charge is -2.33. The molecule has 1 aliphatic rings. The van der Waals surface area contributed by atoms with Crippen LogP contribution in [0.15, 0.2) is 18.2 Å². The molecule has 1 aliphatic heterocycles. The van der Waals surface area contributed by atoms with Crippen LogP contribution in [0, 0.1) is 5.82 Å². The Kier molecular flexibility index (Phi) is 3.10. The normalized spacial score (nSPS) is 16.1. The summed E-state index contributed by atoms with van der Waals surface area (Å²) in [6.07, 6.45) is 0. The van der Waals surface area contributed by atoms with Gasteiger partial charge in [0.1, 0.15) is 11.3 Å². The van der Waals surface area contributed by atoms with Gasteiger partial charge in [-0.1, -0.05) is 17.4 Å². The number of anilines is 1. The van der Waals surface area contributed by atoms with Crippen LogP contribution in [0.5, 0.6) is 0 Å². The number of aromatic nitrogens is 1. The Morgan fingerprint density at radius 1 is 1.32 bits per heavy atom. The number of thiazole rings is 1. The summed E-state index contributed by atoms with van der Waals surface area (Å²) in [7, 11) is 0. The Balaban J connectivity index is 1.82. The maximum absolute atomic E-state index is 13.6. The van der Waals surface area contributed by atoms with Gasteiger partial charge in [0.2, 0.25) is 5.91 Å². The van der Waals surface area contributed by atoms with E-state index in [1.165, 1.54) is 17.4 Å². The molecule has 1 aromatic carbocycles. The monoisotopic (exact) mass is 279 g/mol. The van der Waals surface area contributed by atoms with Gasteiger partial charge in [0.25, 0.3) is 0 Å². The second-order valence-electron chi connectivity index (χ2n) is 4.58. The lowest BCUT2D eigenvalue weighted by molar-refractivity contribution is -0.129. The van der Waals surface area contributed by atoms with E-state index in [9.17, 15) is 9.18 Å². The number of para-hydroxylation sites is 1. The molecule has 6 heteroatoms. The molecule has 1 amide bonds. The molecule has 2 heterocycles. The maximum atomic E-state index is 13.6. The number of piperazine rings is 1. The molecular formula is C13H14FN3OS. The number of carbonyl (C=O) groups is 1. The van der Waals surface area contributed by atoms with Gasteiger partial charge in [-0.3, -0.25) is 4.79 Å². The lowest BCUT2D eigenvalue weighted by atomic mass is 10.3. The second-order valence-corrected chi connectivity index (χ2v) is 5.59. The minimum atomic E-state index is -0.276. The van der Waals surface area contributed by atoms with Gasteiger partial charge in [-0.15, -0.1) is 0 Å². The molecular weight excluding hydrogens is 265 g/mol. The van der Waals surface area contributed by atoms with E-state index in [1.54, 1.807) is 13.0 Å². The van der Waals surface area contributed by atoms with E-state index in [-0.39, 0.29) is 11.7 Å². The molecule has 0 aliphatic carbocycles. The van der Waals surface area contributed by atoms with E-state index in [0.29, 0.717) is 18.6 Å². The zero-order valence-electron chi connectivity index (χ0n) is 10.6. The summed E-state index contributed by atoms with van der Waals surface area (Å²) < 4.78 is 14.5. The first-order valence-corrected chi connectivity index (χ1v) is 7.02. The molecule has 1 fully saturated rings. The van der Waals surface area contributed by atoms with E-state index in [1.807, 2.05) is 11.0 Å². The van der Waals surface area contributed by atoms with Crippen LogP contribution in [0.1, 0.15) is 6.92 Å². The maximum Gasteiger partial charge on any atom is 0.219 e. The molecule has 1 aromatic heterocycles. The quantitative estimate of drug-likeness (QED) is 0.802. The average Bonchev–Trinajstić information content (AvgIpc) is 2.84. The van der Waals surface area contributed by atoms with Crippen molar-refractivity contribution in [2.75, 3.05) is 31.1 Å². The zero-order valence-corrected chi connectivity index (χ0v) is 11.4. The van der Waals surface area contributed by atoms with Crippen LogP contribution in [0.3, 0.4) is 0 Å². The van der Waals surface area contributed by atoms with Crippen molar-refractivity contribution in [1.82, 2.24) is 9.88 Å². The molecule has 100 valence electrons. The fourth-order valence-corrected chi connectivity index (χ4v) is 3.28. The van der Waals surface area contributed by atoms with Gasteiger partial charge in [-0.25, -0.2) is 9.37 Å². The van der Waals surface area contributed by atoms with E-state index < -0.39 is 0 Å². The number of hydrogen-bond donors (Lipinski definition) is 0. The average molecular weight is 279 g/mol. The molecule has 3 rings (SSSR count). The molecule has 0 bridgehead atoms. The van der Waals surface area contributed by atoms with Crippen molar-refractivity contribution < 1.29 is 9.18 Å². The number of rotatable bonds is 1. The smallest absolute Gasteiger partial charge is 0.219 e. The summed E-state index contributed by atoms with van der Waals surface area (Å²) in [6, 6.07) is 5.01. The Morgan fingerprint density at radius 3 is 2.68 bits per heavy atom. The molecule has 19 heavy (non-hydrogen) atoms. The third-order valence-corrected chi connectivity index (χ3v) is 4.44. The SMILES string of the molecule is CC(=O)N1CCN(c2nc3c(F)cccc3s2)CC1. The summed E-state index contributed by atoms with van der Waals surface area (Å²) in [4.78, 5) is 19.6. The van der Waals surface area contributed by atoms with Crippen molar-refractivity contribution in [3.05, 3.63) is 24.0 Å². The van der Waals surface area contributed by atoms with Gasteiger partial charge in [-0.05, 0) is 12.1 Å². The Morgan fingerprint density at radius 2 is 2.05 bits per heavy atom. The van der Waals surface area contributed by atoms with Gasteiger partial charge in [-0.2, -0.15) is 0 Å². The van der Waals surface area contributed by atoms with E-state index in [0.717, 1.165) is 22.9 Å². The first kappa shape index (κ1) is 12.3. The first-order chi connectivity index (χ1) is 9.15. The first-order valence-electron chi connectivity index (χ1n) is 6.20. The van der Waals surface area contributed by atoms with Crippen LogP contribution in [0.25, 0.3) is 10.2 Å². The number of benzene rings is 1. The van der Waals surface area contributed by atoms with Crippen LogP contribution in [-0.4, -0.2) is 42.0 Å². The van der Waals surface area contributed by atoms with Crippen molar-refractivity contribution >= 4 is 32.6 Å². The molecule has 2 aromatic rings. The van der Waals surface area contributed by atoms with E-state index in [2.05, 4.69) is 9.88 Å². The van der Waals surface area contributed by atoms with Crippen LogP contribution >= 0.6 is 11.3 Å². The van der Waals surface area contributed by atoms with E-state index >= 15 is 0 Å². The fourth-order valence-electron chi connectivity index (χ4n) is 2.25. The van der Waals surface area contributed by atoms with Gasteiger partial charge >= 0.3 is 0 Å². The van der Waals surface area contributed by atoms with Crippen LogP contribution in [-0.2, 0) is 4.79 Å². The Labute approximate surface area is 114 Å². The molecule has 0 saturated carbocycles. The third-order valence-electron chi connectivity index (χ3n) is 3.35. The fraction of sp³-hybridized carbons (Fsp3) is 0.385. The van der Waals surface area contributed by atoms with Crippen LogP contribution in [0.4, 0.5) is 9.52 Å². The largest absolute Gasteiger partial charge is 0.345 e. The summed E-state index contributed by atoms with van der Waals surface area (Å²) in [6.45, 7) is 4.49. The highest BCUT2D eigenvalue weighted by atomic mass is 32.1. The lowest BCUT2D eigenvalue weighted by Crippen LogP contribution is -2.48. The molecule has 0 atom stereocenters. The predicted molar refractivity (Wildman–Crippen MR) is 74.0 cm³/mol. The highest BCUT2D eigenvalue weighted by molar-refractivity contribution is 7.22. The summed E-state index contributed by atoms with van der Waals surface area (Å²) in [5.41, 5.74) is 0.441.